The van der Waals surface area contributed by atoms with Gasteiger partial charge in [0.1, 0.15) is 6.10 Å². The summed E-state index contributed by atoms with van der Waals surface area (Å²) in [6.45, 7) is 2.07. The Hall–Kier alpha value is -1.12. The van der Waals surface area contributed by atoms with Gasteiger partial charge in [-0.25, -0.2) is 0 Å². The van der Waals surface area contributed by atoms with Crippen molar-refractivity contribution in [1.82, 2.24) is 10.2 Å². The second kappa shape index (κ2) is 4.40. The van der Waals surface area contributed by atoms with Crippen molar-refractivity contribution in [1.29, 1.82) is 0 Å². The van der Waals surface area contributed by atoms with Crippen LogP contribution in [-0.4, -0.2) is 16.3 Å². The van der Waals surface area contributed by atoms with Crippen LogP contribution in [0.25, 0.3) is 0 Å². The van der Waals surface area contributed by atoms with Crippen molar-refractivity contribution >= 4 is 0 Å². The fourth-order valence-corrected chi connectivity index (χ4v) is 1.78. The van der Waals surface area contributed by atoms with Gasteiger partial charge in [-0.05, 0) is 38.2 Å². The number of aromatic nitrogens is 2. The molecule has 1 aromatic rings. The summed E-state index contributed by atoms with van der Waals surface area (Å²) >= 11 is 0. The first-order valence-electron chi connectivity index (χ1n) is 5.37. The highest BCUT2D eigenvalue weighted by molar-refractivity contribution is 5.11. The van der Waals surface area contributed by atoms with E-state index in [9.17, 15) is 0 Å². The SMILES string of the molecule is CCc1ccc(OC2CCCC2)nn1. The summed E-state index contributed by atoms with van der Waals surface area (Å²) in [7, 11) is 0. The van der Waals surface area contributed by atoms with Crippen molar-refractivity contribution in [3.63, 3.8) is 0 Å². The molecular weight excluding hydrogens is 176 g/mol. The largest absolute Gasteiger partial charge is 0.473 e. The molecule has 0 N–H and O–H groups in total. The lowest BCUT2D eigenvalue weighted by atomic mass is 10.3. The van der Waals surface area contributed by atoms with Gasteiger partial charge in [0.2, 0.25) is 5.88 Å². The molecule has 1 aliphatic carbocycles. The van der Waals surface area contributed by atoms with E-state index in [-0.39, 0.29) is 0 Å². The van der Waals surface area contributed by atoms with Gasteiger partial charge < -0.3 is 4.74 Å². The molecule has 0 bridgehead atoms. The highest BCUT2D eigenvalue weighted by Gasteiger charge is 2.16. The minimum Gasteiger partial charge on any atom is -0.473 e. The molecule has 0 amide bonds. The Morgan fingerprint density at radius 2 is 2.07 bits per heavy atom. The van der Waals surface area contributed by atoms with Crippen molar-refractivity contribution < 1.29 is 4.74 Å². The summed E-state index contributed by atoms with van der Waals surface area (Å²) in [5.74, 6) is 0.675. The quantitative estimate of drug-likeness (QED) is 0.737. The Balaban J connectivity index is 1.95. The third-order valence-electron chi connectivity index (χ3n) is 2.65. The molecule has 3 nitrogen and oxygen atoms in total. The van der Waals surface area contributed by atoms with Gasteiger partial charge in [0.25, 0.3) is 0 Å². The van der Waals surface area contributed by atoms with Crippen LogP contribution in [0.3, 0.4) is 0 Å². The first kappa shape index (κ1) is 9.44. The maximum absolute atomic E-state index is 5.70. The molecule has 0 aromatic carbocycles. The van der Waals surface area contributed by atoms with Crippen molar-refractivity contribution in [2.24, 2.45) is 0 Å². The highest BCUT2D eigenvalue weighted by atomic mass is 16.5. The molecule has 0 unspecified atom stereocenters. The summed E-state index contributed by atoms with van der Waals surface area (Å²) in [6, 6.07) is 3.90. The number of aryl methyl sites for hydroxylation is 1. The molecule has 14 heavy (non-hydrogen) atoms. The summed E-state index contributed by atoms with van der Waals surface area (Å²) in [5.41, 5.74) is 1.02. The fourth-order valence-electron chi connectivity index (χ4n) is 1.78. The van der Waals surface area contributed by atoms with Crippen LogP contribution in [0, 0.1) is 0 Å². The molecule has 2 rings (SSSR count). The zero-order valence-electron chi connectivity index (χ0n) is 8.57. The minimum atomic E-state index is 0.372. The van der Waals surface area contributed by atoms with Crippen molar-refractivity contribution in [2.45, 2.75) is 45.1 Å². The van der Waals surface area contributed by atoms with Gasteiger partial charge in [0.05, 0.1) is 5.69 Å². The van der Waals surface area contributed by atoms with Crippen molar-refractivity contribution in [2.75, 3.05) is 0 Å². The molecule has 1 heterocycles. The van der Waals surface area contributed by atoms with Gasteiger partial charge >= 0.3 is 0 Å². The van der Waals surface area contributed by atoms with E-state index in [1.807, 2.05) is 12.1 Å². The van der Waals surface area contributed by atoms with E-state index in [0.29, 0.717) is 12.0 Å². The number of ether oxygens (including phenoxy) is 1. The Labute approximate surface area is 84.5 Å². The van der Waals surface area contributed by atoms with Crippen LogP contribution < -0.4 is 4.74 Å². The van der Waals surface area contributed by atoms with E-state index in [2.05, 4.69) is 17.1 Å². The predicted molar refractivity (Wildman–Crippen MR) is 54.3 cm³/mol. The second-order valence-electron chi connectivity index (χ2n) is 3.74. The van der Waals surface area contributed by atoms with E-state index in [1.54, 1.807) is 0 Å². The summed E-state index contributed by atoms with van der Waals surface area (Å²) < 4.78 is 5.70. The van der Waals surface area contributed by atoms with Crippen LogP contribution in [-0.2, 0) is 6.42 Å². The first-order valence-corrected chi connectivity index (χ1v) is 5.37. The molecule has 1 aromatic heterocycles. The monoisotopic (exact) mass is 192 g/mol. The highest BCUT2D eigenvalue weighted by Crippen LogP contribution is 2.22. The van der Waals surface area contributed by atoms with Crippen LogP contribution in [0.1, 0.15) is 38.3 Å². The Morgan fingerprint density at radius 1 is 1.29 bits per heavy atom. The standard InChI is InChI=1S/C11H16N2O/c1-2-9-7-8-11(13-12-9)14-10-5-3-4-6-10/h7-8,10H,2-6H2,1H3. The second-order valence-corrected chi connectivity index (χ2v) is 3.74. The predicted octanol–water partition coefficient (Wildman–Crippen LogP) is 2.36. The van der Waals surface area contributed by atoms with Gasteiger partial charge in [-0.3, -0.25) is 0 Å². The third-order valence-corrected chi connectivity index (χ3v) is 2.65. The third kappa shape index (κ3) is 2.22. The molecular formula is C11H16N2O. The van der Waals surface area contributed by atoms with E-state index in [4.69, 9.17) is 4.74 Å². The van der Waals surface area contributed by atoms with Crippen LogP contribution in [0.5, 0.6) is 5.88 Å². The zero-order chi connectivity index (χ0) is 9.80. The molecule has 0 radical (unpaired) electrons. The molecule has 0 spiro atoms. The number of nitrogens with zero attached hydrogens (tertiary/aromatic N) is 2. The molecule has 1 saturated carbocycles. The van der Waals surface area contributed by atoms with Crippen molar-refractivity contribution in [3.8, 4) is 5.88 Å². The molecule has 0 saturated heterocycles. The molecule has 3 heteroatoms. The lowest BCUT2D eigenvalue weighted by Crippen LogP contribution is -2.12. The van der Waals surface area contributed by atoms with E-state index < -0.39 is 0 Å². The van der Waals surface area contributed by atoms with E-state index >= 15 is 0 Å². The fraction of sp³-hybridized carbons (Fsp3) is 0.636. The average Bonchev–Trinajstić information content (AvgIpc) is 2.72. The topological polar surface area (TPSA) is 35.0 Å². The maximum atomic E-state index is 5.70. The van der Waals surface area contributed by atoms with Crippen molar-refractivity contribution in [3.05, 3.63) is 17.8 Å². The molecule has 76 valence electrons. The Bertz CT molecular complexity index is 278. The van der Waals surface area contributed by atoms with Crippen LogP contribution in [0.4, 0.5) is 0 Å². The summed E-state index contributed by atoms with van der Waals surface area (Å²) in [6.07, 6.45) is 6.19. The lowest BCUT2D eigenvalue weighted by Gasteiger charge is -2.10. The maximum Gasteiger partial charge on any atom is 0.233 e. The Kier molecular flexibility index (Phi) is 2.96. The molecule has 0 aliphatic heterocycles. The summed E-state index contributed by atoms with van der Waals surface area (Å²) in [5, 5.41) is 8.11. The smallest absolute Gasteiger partial charge is 0.233 e. The molecule has 1 aliphatic rings. The first-order chi connectivity index (χ1) is 6.88. The number of hydrogen-bond donors (Lipinski definition) is 0. The summed E-state index contributed by atoms with van der Waals surface area (Å²) in [4.78, 5) is 0. The number of hydrogen-bond acceptors (Lipinski definition) is 3. The normalized spacial score (nSPS) is 17.2. The van der Waals surface area contributed by atoms with Gasteiger partial charge in [-0.1, -0.05) is 6.92 Å². The van der Waals surface area contributed by atoms with Gasteiger partial charge in [0.15, 0.2) is 0 Å². The number of rotatable bonds is 3. The molecule has 0 atom stereocenters. The average molecular weight is 192 g/mol. The van der Waals surface area contributed by atoms with E-state index in [1.165, 1.54) is 12.8 Å². The zero-order valence-corrected chi connectivity index (χ0v) is 8.57. The van der Waals surface area contributed by atoms with Gasteiger partial charge in [0, 0.05) is 6.07 Å². The molecule has 1 fully saturated rings. The minimum absolute atomic E-state index is 0.372. The lowest BCUT2D eigenvalue weighted by molar-refractivity contribution is 0.199. The van der Waals surface area contributed by atoms with Gasteiger partial charge in [-0.2, -0.15) is 5.10 Å². The van der Waals surface area contributed by atoms with Crippen LogP contribution >= 0.6 is 0 Å². The Morgan fingerprint density at radius 3 is 2.64 bits per heavy atom. The van der Waals surface area contributed by atoms with Crippen LogP contribution in [0.2, 0.25) is 0 Å². The van der Waals surface area contributed by atoms with Crippen LogP contribution in [0.15, 0.2) is 12.1 Å². The van der Waals surface area contributed by atoms with E-state index in [0.717, 1.165) is 25.0 Å². The van der Waals surface area contributed by atoms with Gasteiger partial charge in [-0.15, -0.1) is 5.10 Å².